The number of nitrogens with zero attached hydrogens (tertiary/aromatic N) is 2. The van der Waals surface area contributed by atoms with Gasteiger partial charge in [-0.1, -0.05) is 0 Å². The quantitative estimate of drug-likeness (QED) is 0.887. The summed E-state index contributed by atoms with van der Waals surface area (Å²) in [5.41, 5.74) is 0.784. The van der Waals surface area contributed by atoms with Crippen LogP contribution in [0.2, 0.25) is 0 Å². The molecule has 0 spiro atoms. The Morgan fingerprint density at radius 3 is 3.00 bits per heavy atom. The van der Waals surface area contributed by atoms with Crippen molar-refractivity contribution in [2.24, 2.45) is 0 Å². The standard InChI is InChI=1S/C11H15N3OS/c1-11(2,15-3)6-12-10-9-8(4-5-16-9)13-7-14-10/h4-5,7H,6H2,1-3H3,(H,12,13,14). The van der Waals surface area contributed by atoms with Crippen LogP contribution in [0, 0.1) is 0 Å². The second-order valence-corrected chi connectivity index (χ2v) is 5.09. The minimum absolute atomic E-state index is 0.200. The van der Waals surface area contributed by atoms with Crippen LogP contribution >= 0.6 is 11.3 Å². The molecule has 0 amide bonds. The van der Waals surface area contributed by atoms with Crippen LogP contribution in [-0.2, 0) is 4.74 Å². The number of thiophene rings is 1. The van der Waals surface area contributed by atoms with Gasteiger partial charge in [-0.05, 0) is 25.3 Å². The highest BCUT2D eigenvalue weighted by atomic mass is 32.1. The van der Waals surface area contributed by atoms with Gasteiger partial charge in [-0.25, -0.2) is 9.97 Å². The van der Waals surface area contributed by atoms with Gasteiger partial charge in [0.05, 0.1) is 15.8 Å². The van der Waals surface area contributed by atoms with E-state index < -0.39 is 0 Å². The lowest BCUT2D eigenvalue weighted by Crippen LogP contribution is -2.32. The van der Waals surface area contributed by atoms with Gasteiger partial charge in [-0.3, -0.25) is 0 Å². The van der Waals surface area contributed by atoms with Gasteiger partial charge >= 0.3 is 0 Å². The zero-order chi connectivity index (χ0) is 11.6. The molecule has 0 saturated carbocycles. The third-order valence-electron chi connectivity index (χ3n) is 2.48. The highest BCUT2D eigenvalue weighted by Crippen LogP contribution is 2.25. The fraction of sp³-hybridized carbons (Fsp3) is 0.455. The largest absolute Gasteiger partial charge is 0.377 e. The number of methoxy groups -OCH3 is 1. The SMILES string of the molecule is COC(C)(C)CNc1ncnc2ccsc12. The molecule has 2 rings (SSSR count). The van der Waals surface area contributed by atoms with Crippen LogP contribution in [0.4, 0.5) is 5.82 Å². The summed E-state index contributed by atoms with van der Waals surface area (Å²) in [4.78, 5) is 8.44. The fourth-order valence-electron chi connectivity index (χ4n) is 1.28. The lowest BCUT2D eigenvalue weighted by atomic mass is 10.1. The Bertz CT molecular complexity index is 481. The van der Waals surface area contributed by atoms with E-state index in [0.717, 1.165) is 16.0 Å². The van der Waals surface area contributed by atoms with Gasteiger partial charge in [0.1, 0.15) is 12.1 Å². The molecule has 0 radical (unpaired) electrons. The van der Waals surface area contributed by atoms with E-state index in [1.165, 1.54) is 0 Å². The average Bonchev–Trinajstić information content (AvgIpc) is 2.75. The van der Waals surface area contributed by atoms with E-state index in [1.54, 1.807) is 24.8 Å². The van der Waals surface area contributed by atoms with Crippen molar-refractivity contribution in [1.82, 2.24) is 9.97 Å². The van der Waals surface area contributed by atoms with E-state index in [9.17, 15) is 0 Å². The highest BCUT2D eigenvalue weighted by Gasteiger charge is 2.16. The second kappa shape index (κ2) is 4.35. The Morgan fingerprint density at radius 2 is 2.25 bits per heavy atom. The molecular formula is C11H15N3OS. The predicted molar refractivity (Wildman–Crippen MR) is 67.0 cm³/mol. The topological polar surface area (TPSA) is 47.0 Å². The molecule has 0 aliphatic carbocycles. The second-order valence-electron chi connectivity index (χ2n) is 4.17. The molecule has 0 atom stereocenters. The van der Waals surface area contributed by atoms with Gasteiger partial charge in [0, 0.05) is 13.7 Å². The average molecular weight is 237 g/mol. The molecule has 0 aromatic carbocycles. The van der Waals surface area contributed by atoms with E-state index >= 15 is 0 Å². The molecule has 5 heteroatoms. The molecule has 0 aliphatic rings. The number of hydrogen-bond acceptors (Lipinski definition) is 5. The molecular weight excluding hydrogens is 222 g/mol. The molecule has 0 bridgehead atoms. The zero-order valence-corrected chi connectivity index (χ0v) is 10.5. The van der Waals surface area contributed by atoms with Crippen molar-refractivity contribution >= 4 is 27.4 Å². The predicted octanol–water partition coefficient (Wildman–Crippen LogP) is 2.53. The zero-order valence-electron chi connectivity index (χ0n) is 9.65. The van der Waals surface area contributed by atoms with Crippen LogP contribution < -0.4 is 5.32 Å². The Labute approximate surface area is 98.7 Å². The summed E-state index contributed by atoms with van der Waals surface area (Å²) in [7, 11) is 1.71. The van der Waals surface area contributed by atoms with Crippen LogP contribution in [0.25, 0.3) is 10.2 Å². The number of anilines is 1. The third-order valence-corrected chi connectivity index (χ3v) is 3.39. The van der Waals surface area contributed by atoms with Crippen molar-refractivity contribution in [3.8, 4) is 0 Å². The van der Waals surface area contributed by atoms with Crippen molar-refractivity contribution in [1.29, 1.82) is 0 Å². The minimum atomic E-state index is -0.200. The first kappa shape index (κ1) is 11.3. The van der Waals surface area contributed by atoms with Gasteiger partial charge in [0.2, 0.25) is 0 Å². The summed E-state index contributed by atoms with van der Waals surface area (Å²) in [5.74, 6) is 0.880. The van der Waals surface area contributed by atoms with E-state index in [2.05, 4.69) is 15.3 Å². The van der Waals surface area contributed by atoms with E-state index in [4.69, 9.17) is 4.74 Å². The first-order valence-electron chi connectivity index (χ1n) is 5.09. The van der Waals surface area contributed by atoms with Crippen molar-refractivity contribution in [3.63, 3.8) is 0 Å². The number of ether oxygens (including phenoxy) is 1. The summed E-state index contributed by atoms with van der Waals surface area (Å²) in [5, 5.41) is 5.32. The maximum Gasteiger partial charge on any atom is 0.147 e. The summed E-state index contributed by atoms with van der Waals surface area (Å²) in [6.07, 6.45) is 1.58. The molecule has 16 heavy (non-hydrogen) atoms. The van der Waals surface area contributed by atoms with Crippen molar-refractivity contribution in [2.75, 3.05) is 19.0 Å². The van der Waals surface area contributed by atoms with Crippen LogP contribution in [0.15, 0.2) is 17.8 Å². The third kappa shape index (κ3) is 2.31. The van der Waals surface area contributed by atoms with Crippen LogP contribution in [0.1, 0.15) is 13.8 Å². The van der Waals surface area contributed by atoms with Gasteiger partial charge in [-0.15, -0.1) is 11.3 Å². The lowest BCUT2D eigenvalue weighted by molar-refractivity contribution is 0.0343. The summed E-state index contributed by atoms with van der Waals surface area (Å²) in [6.45, 7) is 4.78. The molecule has 2 aromatic heterocycles. The molecule has 0 saturated heterocycles. The Balaban J connectivity index is 2.18. The highest BCUT2D eigenvalue weighted by molar-refractivity contribution is 7.17. The molecule has 1 N–H and O–H groups in total. The number of fused-ring (bicyclic) bond motifs is 1. The molecule has 2 aromatic rings. The van der Waals surface area contributed by atoms with Gasteiger partial charge < -0.3 is 10.1 Å². The summed E-state index contributed by atoms with van der Waals surface area (Å²) in [6, 6.07) is 1.99. The smallest absolute Gasteiger partial charge is 0.147 e. The first-order valence-corrected chi connectivity index (χ1v) is 5.97. The number of nitrogens with one attached hydrogen (secondary N) is 1. The van der Waals surface area contributed by atoms with Crippen molar-refractivity contribution in [2.45, 2.75) is 19.4 Å². The van der Waals surface area contributed by atoms with Crippen molar-refractivity contribution in [3.05, 3.63) is 17.8 Å². The Hall–Kier alpha value is -1.20. The minimum Gasteiger partial charge on any atom is -0.377 e. The maximum absolute atomic E-state index is 5.35. The van der Waals surface area contributed by atoms with E-state index in [-0.39, 0.29) is 5.60 Å². The molecule has 86 valence electrons. The van der Waals surface area contributed by atoms with Crippen LogP contribution in [-0.4, -0.2) is 29.2 Å². The number of rotatable bonds is 4. The summed E-state index contributed by atoms with van der Waals surface area (Å²) >= 11 is 1.64. The van der Waals surface area contributed by atoms with Gasteiger partial charge in [0.15, 0.2) is 0 Å². The van der Waals surface area contributed by atoms with Gasteiger partial charge in [-0.2, -0.15) is 0 Å². The van der Waals surface area contributed by atoms with Crippen LogP contribution in [0.5, 0.6) is 0 Å². The summed E-state index contributed by atoms with van der Waals surface area (Å²) < 4.78 is 6.44. The molecule has 0 aliphatic heterocycles. The van der Waals surface area contributed by atoms with E-state index in [0.29, 0.717) is 6.54 Å². The fourth-order valence-corrected chi connectivity index (χ4v) is 2.09. The number of hydrogen-bond donors (Lipinski definition) is 1. The van der Waals surface area contributed by atoms with Crippen LogP contribution in [0.3, 0.4) is 0 Å². The molecule has 0 unspecified atom stereocenters. The van der Waals surface area contributed by atoms with Gasteiger partial charge in [0.25, 0.3) is 0 Å². The maximum atomic E-state index is 5.35. The van der Waals surface area contributed by atoms with Crippen molar-refractivity contribution < 1.29 is 4.74 Å². The normalized spacial score (nSPS) is 11.9. The molecule has 2 heterocycles. The van der Waals surface area contributed by atoms with E-state index in [1.807, 2.05) is 25.3 Å². The number of aromatic nitrogens is 2. The monoisotopic (exact) mass is 237 g/mol. The lowest BCUT2D eigenvalue weighted by Gasteiger charge is -2.23. The molecule has 0 fully saturated rings. The molecule has 4 nitrogen and oxygen atoms in total. The Kier molecular flexibility index (Phi) is 3.07. The first-order chi connectivity index (χ1) is 7.62. The Morgan fingerprint density at radius 1 is 1.44 bits per heavy atom.